The lowest BCUT2D eigenvalue weighted by Gasteiger charge is -2.10. The molecule has 2 heterocycles. The molecule has 0 saturated carbocycles. The number of hydrogen-bond donors (Lipinski definition) is 1. The summed E-state index contributed by atoms with van der Waals surface area (Å²) in [6, 6.07) is 9.89. The summed E-state index contributed by atoms with van der Waals surface area (Å²) in [4.78, 5) is 16.7. The molecule has 0 spiro atoms. The van der Waals surface area contributed by atoms with Crippen molar-refractivity contribution in [2.75, 3.05) is 5.32 Å². The van der Waals surface area contributed by atoms with Crippen LogP contribution >= 0.6 is 0 Å². The van der Waals surface area contributed by atoms with Gasteiger partial charge in [-0.1, -0.05) is 0 Å². The van der Waals surface area contributed by atoms with Crippen molar-refractivity contribution < 1.29 is 9.18 Å². The minimum Gasteiger partial charge on any atom is -0.320 e. The number of aryl methyl sites for hydroxylation is 2. The number of rotatable bonds is 3. The van der Waals surface area contributed by atoms with Gasteiger partial charge in [0, 0.05) is 23.3 Å². The van der Waals surface area contributed by atoms with Gasteiger partial charge in [0.1, 0.15) is 5.82 Å². The second kappa shape index (κ2) is 6.28. The fourth-order valence-corrected chi connectivity index (χ4v) is 2.76. The second-order valence-electron chi connectivity index (χ2n) is 5.74. The Kier molecular flexibility index (Phi) is 4.16. The average molecular weight is 323 g/mol. The normalized spacial score (nSPS) is 10.7. The molecule has 3 aromatic rings. The first kappa shape index (κ1) is 15.9. The molecule has 0 aliphatic heterocycles. The molecule has 24 heavy (non-hydrogen) atoms. The number of nitrogens with zero attached hydrogens (tertiary/aromatic N) is 2. The maximum absolute atomic E-state index is 13.1. The van der Waals surface area contributed by atoms with Crippen molar-refractivity contribution in [2.45, 2.75) is 20.8 Å². The van der Waals surface area contributed by atoms with Crippen LogP contribution in [0.5, 0.6) is 0 Å². The number of benzene rings is 1. The molecule has 3 rings (SSSR count). The first-order valence-electron chi connectivity index (χ1n) is 7.64. The van der Waals surface area contributed by atoms with E-state index in [-0.39, 0.29) is 11.7 Å². The fraction of sp³-hybridized carbons (Fsp3) is 0.158. The number of carbonyl (C=O) groups excluding carboxylic acids is 1. The van der Waals surface area contributed by atoms with Crippen LogP contribution in [0.3, 0.4) is 0 Å². The highest BCUT2D eigenvalue weighted by Crippen LogP contribution is 2.22. The van der Waals surface area contributed by atoms with Crippen molar-refractivity contribution in [1.29, 1.82) is 0 Å². The van der Waals surface area contributed by atoms with Crippen LogP contribution < -0.4 is 5.32 Å². The largest absolute Gasteiger partial charge is 0.320 e. The quantitative estimate of drug-likeness (QED) is 0.785. The molecular formula is C19H18FN3O. The Balaban J connectivity index is 1.95. The van der Waals surface area contributed by atoms with E-state index in [4.69, 9.17) is 0 Å². The van der Waals surface area contributed by atoms with Crippen LogP contribution in [-0.4, -0.2) is 15.5 Å². The van der Waals surface area contributed by atoms with Gasteiger partial charge < -0.3 is 9.88 Å². The molecule has 0 radical (unpaired) electrons. The third-order valence-corrected chi connectivity index (χ3v) is 4.05. The summed E-state index contributed by atoms with van der Waals surface area (Å²) < 4.78 is 15.1. The van der Waals surface area contributed by atoms with Crippen molar-refractivity contribution in [1.82, 2.24) is 9.55 Å². The van der Waals surface area contributed by atoms with E-state index in [1.165, 1.54) is 12.1 Å². The summed E-state index contributed by atoms with van der Waals surface area (Å²) >= 11 is 0. The number of amides is 1. The van der Waals surface area contributed by atoms with Gasteiger partial charge >= 0.3 is 0 Å². The summed E-state index contributed by atoms with van der Waals surface area (Å²) in [6.45, 7) is 5.71. The fourth-order valence-electron chi connectivity index (χ4n) is 2.76. The van der Waals surface area contributed by atoms with Gasteiger partial charge in [0.15, 0.2) is 0 Å². The van der Waals surface area contributed by atoms with E-state index in [1.807, 2.05) is 37.5 Å². The molecular weight excluding hydrogens is 305 g/mol. The van der Waals surface area contributed by atoms with Gasteiger partial charge in [0.25, 0.3) is 5.91 Å². The van der Waals surface area contributed by atoms with E-state index < -0.39 is 0 Å². The average Bonchev–Trinajstić information content (AvgIpc) is 2.85. The van der Waals surface area contributed by atoms with E-state index in [0.29, 0.717) is 11.3 Å². The number of carbonyl (C=O) groups is 1. The van der Waals surface area contributed by atoms with Gasteiger partial charge in [-0.25, -0.2) is 4.39 Å². The zero-order chi connectivity index (χ0) is 17.3. The number of anilines is 1. The molecule has 1 N–H and O–H groups in total. The minimum absolute atomic E-state index is 0.187. The Labute approximate surface area is 140 Å². The molecule has 0 fully saturated rings. The smallest absolute Gasteiger partial charge is 0.257 e. The van der Waals surface area contributed by atoms with Crippen LogP contribution in [0.2, 0.25) is 0 Å². The van der Waals surface area contributed by atoms with Crippen molar-refractivity contribution in [3.05, 3.63) is 77.1 Å². The van der Waals surface area contributed by atoms with Gasteiger partial charge in [-0.05, 0) is 62.7 Å². The van der Waals surface area contributed by atoms with Crippen LogP contribution in [-0.2, 0) is 0 Å². The standard InChI is InChI=1S/C19H18FN3O/c1-12-8-9-21-11-18(12)22-19(24)17-10-13(2)23(14(17)3)16-6-4-15(20)5-7-16/h4-11H,1-3H3,(H,22,24). The van der Waals surface area contributed by atoms with Gasteiger partial charge in [-0.2, -0.15) is 0 Å². The highest BCUT2D eigenvalue weighted by Gasteiger charge is 2.17. The topological polar surface area (TPSA) is 46.9 Å². The summed E-state index contributed by atoms with van der Waals surface area (Å²) in [6.07, 6.45) is 3.32. The van der Waals surface area contributed by atoms with E-state index in [2.05, 4.69) is 10.3 Å². The maximum Gasteiger partial charge on any atom is 0.257 e. The number of halogens is 1. The Morgan fingerprint density at radius 3 is 2.50 bits per heavy atom. The van der Waals surface area contributed by atoms with E-state index in [9.17, 15) is 9.18 Å². The van der Waals surface area contributed by atoms with Gasteiger partial charge in [-0.15, -0.1) is 0 Å². The predicted octanol–water partition coefficient (Wildman–Crippen LogP) is 4.19. The van der Waals surface area contributed by atoms with Crippen LogP contribution in [0.15, 0.2) is 48.8 Å². The molecule has 0 aliphatic rings. The van der Waals surface area contributed by atoms with Gasteiger partial charge in [0.05, 0.1) is 17.4 Å². The second-order valence-corrected chi connectivity index (χ2v) is 5.74. The van der Waals surface area contributed by atoms with E-state index in [1.54, 1.807) is 24.5 Å². The highest BCUT2D eigenvalue weighted by atomic mass is 19.1. The molecule has 1 amide bonds. The van der Waals surface area contributed by atoms with Crippen LogP contribution in [0.4, 0.5) is 10.1 Å². The molecule has 0 bridgehead atoms. The van der Waals surface area contributed by atoms with E-state index in [0.717, 1.165) is 22.6 Å². The third kappa shape index (κ3) is 2.93. The Hall–Kier alpha value is -2.95. The molecule has 0 unspecified atom stereocenters. The molecule has 0 atom stereocenters. The monoisotopic (exact) mass is 323 g/mol. The molecule has 1 aromatic carbocycles. The minimum atomic E-state index is -0.286. The lowest BCUT2D eigenvalue weighted by molar-refractivity contribution is 0.102. The summed E-state index contributed by atoms with van der Waals surface area (Å²) in [5.74, 6) is -0.473. The zero-order valence-corrected chi connectivity index (χ0v) is 13.8. The Morgan fingerprint density at radius 1 is 1.12 bits per heavy atom. The van der Waals surface area contributed by atoms with Crippen molar-refractivity contribution in [3.63, 3.8) is 0 Å². The zero-order valence-electron chi connectivity index (χ0n) is 13.8. The maximum atomic E-state index is 13.1. The molecule has 0 aliphatic carbocycles. The molecule has 2 aromatic heterocycles. The van der Waals surface area contributed by atoms with Crippen molar-refractivity contribution >= 4 is 11.6 Å². The summed E-state index contributed by atoms with van der Waals surface area (Å²) in [7, 11) is 0. The molecule has 5 heteroatoms. The lowest BCUT2D eigenvalue weighted by Crippen LogP contribution is -2.14. The van der Waals surface area contributed by atoms with Crippen molar-refractivity contribution in [3.8, 4) is 5.69 Å². The lowest BCUT2D eigenvalue weighted by atomic mass is 10.2. The Bertz CT molecular complexity index is 897. The van der Waals surface area contributed by atoms with Crippen LogP contribution in [0, 0.1) is 26.6 Å². The summed E-state index contributed by atoms with van der Waals surface area (Å²) in [5.41, 5.74) is 4.76. The predicted molar refractivity (Wildman–Crippen MR) is 92.1 cm³/mol. The number of nitrogens with one attached hydrogen (secondary N) is 1. The number of aromatic nitrogens is 2. The number of hydrogen-bond acceptors (Lipinski definition) is 2. The molecule has 4 nitrogen and oxygen atoms in total. The summed E-state index contributed by atoms with van der Waals surface area (Å²) in [5, 5.41) is 2.89. The van der Waals surface area contributed by atoms with E-state index >= 15 is 0 Å². The Morgan fingerprint density at radius 2 is 1.83 bits per heavy atom. The first-order chi connectivity index (χ1) is 11.5. The third-order valence-electron chi connectivity index (χ3n) is 4.05. The van der Waals surface area contributed by atoms with Crippen LogP contribution in [0.25, 0.3) is 5.69 Å². The number of pyridine rings is 1. The van der Waals surface area contributed by atoms with Gasteiger partial charge in [0.2, 0.25) is 0 Å². The van der Waals surface area contributed by atoms with Crippen molar-refractivity contribution in [2.24, 2.45) is 0 Å². The first-order valence-corrected chi connectivity index (χ1v) is 7.64. The molecule has 122 valence electrons. The molecule has 0 saturated heterocycles. The van der Waals surface area contributed by atoms with Crippen LogP contribution in [0.1, 0.15) is 27.3 Å². The van der Waals surface area contributed by atoms with Gasteiger partial charge in [-0.3, -0.25) is 9.78 Å². The SMILES string of the molecule is Cc1ccncc1NC(=O)c1cc(C)n(-c2ccc(F)cc2)c1C. The highest BCUT2D eigenvalue weighted by molar-refractivity contribution is 6.05.